The normalized spacial score (nSPS) is 10.4. The monoisotopic (exact) mass is 227 g/mol. The van der Waals surface area contributed by atoms with E-state index in [0.717, 1.165) is 5.56 Å². The lowest BCUT2D eigenvalue weighted by Gasteiger charge is -2.11. The molecule has 0 aliphatic heterocycles. The molecule has 82 valence electrons. The maximum atomic E-state index is 10.7. The van der Waals surface area contributed by atoms with Gasteiger partial charge in [0.1, 0.15) is 5.75 Å². The molecule has 3 nitrogen and oxygen atoms in total. The van der Waals surface area contributed by atoms with Gasteiger partial charge in [0.25, 0.3) is 0 Å². The smallest absolute Gasteiger partial charge is 0.221 e. The fourth-order valence-electron chi connectivity index (χ4n) is 1.20. The van der Waals surface area contributed by atoms with Crippen molar-refractivity contribution in [2.75, 3.05) is 0 Å². The van der Waals surface area contributed by atoms with Crippen molar-refractivity contribution >= 4 is 17.5 Å². The van der Waals surface area contributed by atoms with Crippen LogP contribution in [0.15, 0.2) is 18.2 Å². The van der Waals surface area contributed by atoms with Crippen molar-refractivity contribution in [1.29, 1.82) is 0 Å². The molecule has 0 heterocycles. The van der Waals surface area contributed by atoms with Crippen molar-refractivity contribution in [3.8, 4) is 5.75 Å². The zero-order valence-corrected chi connectivity index (χ0v) is 9.54. The Morgan fingerprint density at radius 3 is 2.67 bits per heavy atom. The minimum atomic E-state index is -0.372. The minimum absolute atomic E-state index is 0.0736. The topological polar surface area (TPSA) is 52.3 Å². The number of ether oxygens (including phenoxy) is 1. The number of amides is 1. The SMILES string of the molecule is CC(C)Oc1ccc(CC(N)=O)cc1Cl. The molecular weight excluding hydrogens is 214 g/mol. The van der Waals surface area contributed by atoms with Crippen LogP contribution < -0.4 is 10.5 Å². The molecule has 0 bridgehead atoms. The van der Waals surface area contributed by atoms with E-state index in [-0.39, 0.29) is 18.4 Å². The molecule has 0 aromatic heterocycles. The molecule has 4 heteroatoms. The number of carbonyl (C=O) groups is 1. The molecule has 0 atom stereocenters. The van der Waals surface area contributed by atoms with Crippen molar-refractivity contribution in [2.24, 2.45) is 5.73 Å². The molecule has 1 amide bonds. The van der Waals surface area contributed by atoms with Gasteiger partial charge in [-0.3, -0.25) is 4.79 Å². The van der Waals surface area contributed by atoms with E-state index in [1.165, 1.54) is 0 Å². The molecule has 0 radical (unpaired) electrons. The van der Waals surface area contributed by atoms with Gasteiger partial charge in [0.2, 0.25) is 5.91 Å². The zero-order valence-electron chi connectivity index (χ0n) is 8.79. The summed E-state index contributed by atoms with van der Waals surface area (Å²) in [5, 5.41) is 0.502. The molecule has 0 aliphatic rings. The van der Waals surface area contributed by atoms with Gasteiger partial charge in [0.05, 0.1) is 17.5 Å². The molecule has 0 fully saturated rings. The summed E-state index contributed by atoms with van der Waals surface area (Å²) in [7, 11) is 0. The minimum Gasteiger partial charge on any atom is -0.489 e. The number of primary amides is 1. The highest BCUT2D eigenvalue weighted by Gasteiger charge is 2.06. The molecule has 1 aromatic carbocycles. The van der Waals surface area contributed by atoms with Gasteiger partial charge < -0.3 is 10.5 Å². The number of nitrogens with two attached hydrogens (primary N) is 1. The Kier molecular flexibility index (Phi) is 3.97. The highest BCUT2D eigenvalue weighted by atomic mass is 35.5. The van der Waals surface area contributed by atoms with E-state index in [4.69, 9.17) is 22.1 Å². The lowest BCUT2D eigenvalue weighted by atomic mass is 10.1. The lowest BCUT2D eigenvalue weighted by molar-refractivity contribution is -0.117. The maximum absolute atomic E-state index is 10.7. The van der Waals surface area contributed by atoms with Gasteiger partial charge in [-0.2, -0.15) is 0 Å². The van der Waals surface area contributed by atoms with Crippen LogP contribution in [0.5, 0.6) is 5.75 Å². The van der Waals surface area contributed by atoms with Gasteiger partial charge in [0, 0.05) is 0 Å². The lowest BCUT2D eigenvalue weighted by Crippen LogP contribution is -2.13. The van der Waals surface area contributed by atoms with Gasteiger partial charge in [0.15, 0.2) is 0 Å². The fourth-order valence-corrected chi connectivity index (χ4v) is 1.45. The second-order valence-corrected chi connectivity index (χ2v) is 3.98. The number of carbonyl (C=O) groups excluding carboxylic acids is 1. The van der Waals surface area contributed by atoms with Crippen LogP contribution in [0, 0.1) is 0 Å². The largest absolute Gasteiger partial charge is 0.489 e. The summed E-state index contributed by atoms with van der Waals surface area (Å²) < 4.78 is 5.46. The first kappa shape index (κ1) is 11.9. The predicted molar refractivity (Wildman–Crippen MR) is 60.1 cm³/mol. The van der Waals surface area contributed by atoms with Crippen LogP contribution in [0.4, 0.5) is 0 Å². The maximum Gasteiger partial charge on any atom is 0.221 e. The Bertz CT molecular complexity index is 364. The summed E-state index contributed by atoms with van der Waals surface area (Å²) in [6, 6.07) is 5.24. The van der Waals surface area contributed by atoms with E-state index < -0.39 is 0 Å². The molecule has 0 unspecified atom stereocenters. The molecule has 0 aliphatic carbocycles. The van der Waals surface area contributed by atoms with E-state index in [1.807, 2.05) is 13.8 Å². The number of hydrogen-bond donors (Lipinski definition) is 1. The number of hydrogen-bond acceptors (Lipinski definition) is 2. The molecule has 1 rings (SSSR count). The van der Waals surface area contributed by atoms with Crippen molar-refractivity contribution in [3.63, 3.8) is 0 Å². The summed E-state index contributed by atoms with van der Waals surface area (Å²) in [4.78, 5) is 10.7. The van der Waals surface area contributed by atoms with Crippen LogP contribution >= 0.6 is 11.6 Å². The van der Waals surface area contributed by atoms with Gasteiger partial charge in [-0.15, -0.1) is 0 Å². The Balaban J connectivity index is 2.83. The van der Waals surface area contributed by atoms with E-state index in [9.17, 15) is 4.79 Å². The molecule has 0 spiro atoms. The number of rotatable bonds is 4. The van der Waals surface area contributed by atoms with Crippen molar-refractivity contribution in [3.05, 3.63) is 28.8 Å². The average Bonchev–Trinajstić information content (AvgIpc) is 2.08. The van der Waals surface area contributed by atoms with Gasteiger partial charge in [-0.25, -0.2) is 0 Å². The average molecular weight is 228 g/mol. The van der Waals surface area contributed by atoms with Gasteiger partial charge in [-0.1, -0.05) is 17.7 Å². The van der Waals surface area contributed by atoms with Crippen molar-refractivity contribution in [2.45, 2.75) is 26.4 Å². The Morgan fingerprint density at radius 1 is 1.53 bits per heavy atom. The predicted octanol–water partition coefficient (Wildman–Crippen LogP) is 2.16. The van der Waals surface area contributed by atoms with Crippen LogP contribution in [0.25, 0.3) is 0 Å². The summed E-state index contributed by atoms with van der Waals surface area (Å²) in [6.45, 7) is 3.85. The summed E-state index contributed by atoms with van der Waals surface area (Å²) in [6.07, 6.45) is 0.270. The molecule has 1 aromatic rings. The first-order chi connectivity index (χ1) is 6.99. The van der Waals surface area contributed by atoms with Gasteiger partial charge >= 0.3 is 0 Å². The second kappa shape index (κ2) is 5.03. The third-order valence-electron chi connectivity index (χ3n) is 1.74. The van der Waals surface area contributed by atoms with Gasteiger partial charge in [-0.05, 0) is 31.5 Å². The summed E-state index contributed by atoms with van der Waals surface area (Å²) >= 11 is 5.98. The van der Waals surface area contributed by atoms with E-state index >= 15 is 0 Å². The number of benzene rings is 1. The first-order valence-corrected chi connectivity index (χ1v) is 5.10. The third kappa shape index (κ3) is 3.80. The molecular formula is C11H14ClNO2. The summed E-state index contributed by atoms with van der Waals surface area (Å²) in [5.74, 6) is 0.253. The highest BCUT2D eigenvalue weighted by Crippen LogP contribution is 2.26. The quantitative estimate of drug-likeness (QED) is 0.857. The van der Waals surface area contributed by atoms with Crippen LogP contribution in [0.3, 0.4) is 0 Å². The Labute approximate surface area is 94.2 Å². The molecule has 0 saturated heterocycles. The molecule has 0 saturated carbocycles. The van der Waals surface area contributed by atoms with E-state index in [1.54, 1.807) is 18.2 Å². The summed E-state index contributed by atoms with van der Waals surface area (Å²) in [5.41, 5.74) is 5.88. The van der Waals surface area contributed by atoms with Crippen LogP contribution in [-0.2, 0) is 11.2 Å². The van der Waals surface area contributed by atoms with Crippen molar-refractivity contribution in [1.82, 2.24) is 0 Å². The van der Waals surface area contributed by atoms with Crippen LogP contribution in [0.1, 0.15) is 19.4 Å². The Morgan fingerprint density at radius 2 is 2.20 bits per heavy atom. The van der Waals surface area contributed by atoms with Crippen LogP contribution in [0.2, 0.25) is 5.02 Å². The second-order valence-electron chi connectivity index (χ2n) is 3.57. The fraction of sp³-hybridized carbons (Fsp3) is 0.364. The van der Waals surface area contributed by atoms with Crippen molar-refractivity contribution < 1.29 is 9.53 Å². The first-order valence-electron chi connectivity index (χ1n) is 4.72. The molecule has 2 N–H and O–H groups in total. The highest BCUT2D eigenvalue weighted by molar-refractivity contribution is 6.32. The van der Waals surface area contributed by atoms with E-state index in [2.05, 4.69) is 0 Å². The number of halogens is 1. The van der Waals surface area contributed by atoms with Crippen LogP contribution in [-0.4, -0.2) is 12.0 Å². The zero-order chi connectivity index (χ0) is 11.4. The molecule has 15 heavy (non-hydrogen) atoms. The third-order valence-corrected chi connectivity index (χ3v) is 2.03. The standard InChI is InChI=1S/C11H14ClNO2/c1-7(2)15-10-4-3-8(5-9(10)12)6-11(13)14/h3-5,7H,6H2,1-2H3,(H2,13,14). The van der Waals surface area contributed by atoms with E-state index in [0.29, 0.717) is 10.8 Å². The Hall–Kier alpha value is -1.22.